The lowest BCUT2D eigenvalue weighted by Gasteiger charge is -2.08. The zero-order valence-corrected chi connectivity index (χ0v) is 11.3. The highest BCUT2D eigenvalue weighted by Gasteiger charge is 2.07. The van der Waals surface area contributed by atoms with Gasteiger partial charge in [-0.1, -0.05) is 23.7 Å². The van der Waals surface area contributed by atoms with E-state index in [4.69, 9.17) is 16.7 Å². The Hall–Kier alpha value is -2.07. The van der Waals surface area contributed by atoms with Crippen molar-refractivity contribution < 1.29 is 14.3 Å². The minimum absolute atomic E-state index is 0.0559. The van der Waals surface area contributed by atoms with Gasteiger partial charge in [-0.3, -0.25) is 0 Å². The van der Waals surface area contributed by atoms with E-state index in [1.54, 1.807) is 12.1 Å². The highest BCUT2D eigenvalue weighted by Crippen LogP contribution is 2.16. The van der Waals surface area contributed by atoms with E-state index in [-0.39, 0.29) is 11.3 Å². The standard InChI is InChI=1S/C15H13ClFNO2/c16-12-4-1-10(2-5-12)7-8-18-14-9-11(15(19)20)3-6-13(14)17/h1-6,9,18H,7-8H2,(H,19,20). The average molecular weight is 294 g/mol. The van der Waals surface area contributed by atoms with E-state index in [0.717, 1.165) is 11.6 Å². The summed E-state index contributed by atoms with van der Waals surface area (Å²) < 4.78 is 13.5. The number of carbonyl (C=O) groups is 1. The molecule has 3 nitrogen and oxygen atoms in total. The molecule has 20 heavy (non-hydrogen) atoms. The van der Waals surface area contributed by atoms with Crippen LogP contribution < -0.4 is 5.32 Å². The molecule has 0 fully saturated rings. The summed E-state index contributed by atoms with van der Waals surface area (Å²) in [4.78, 5) is 10.8. The Bertz CT molecular complexity index is 614. The maximum atomic E-state index is 13.5. The van der Waals surface area contributed by atoms with Gasteiger partial charge in [0.1, 0.15) is 5.82 Å². The van der Waals surface area contributed by atoms with Crippen LogP contribution in [0.1, 0.15) is 15.9 Å². The Balaban J connectivity index is 1.98. The number of aromatic carboxylic acids is 1. The molecule has 2 rings (SSSR count). The van der Waals surface area contributed by atoms with Crippen molar-refractivity contribution in [2.75, 3.05) is 11.9 Å². The fourth-order valence-corrected chi connectivity index (χ4v) is 1.91. The van der Waals surface area contributed by atoms with E-state index in [9.17, 15) is 9.18 Å². The molecule has 2 aromatic carbocycles. The van der Waals surface area contributed by atoms with Crippen molar-refractivity contribution in [3.8, 4) is 0 Å². The second-order valence-corrected chi connectivity index (χ2v) is 4.74. The lowest BCUT2D eigenvalue weighted by atomic mass is 10.1. The topological polar surface area (TPSA) is 49.3 Å². The maximum Gasteiger partial charge on any atom is 0.335 e. The van der Waals surface area contributed by atoms with Crippen molar-refractivity contribution in [2.45, 2.75) is 6.42 Å². The van der Waals surface area contributed by atoms with E-state index >= 15 is 0 Å². The number of rotatable bonds is 5. The molecule has 0 aromatic heterocycles. The summed E-state index contributed by atoms with van der Waals surface area (Å²) in [6.07, 6.45) is 0.688. The van der Waals surface area contributed by atoms with Gasteiger partial charge in [-0.2, -0.15) is 0 Å². The Labute approximate surface area is 121 Å². The second-order valence-electron chi connectivity index (χ2n) is 4.30. The van der Waals surface area contributed by atoms with Crippen LogP contribution in [0.5, 0.6) is 0 Å². The van der Waals surface area contributed by atoms with E-state index in [1.165, 1.54) is 12.1 Å². The SMILES string of the molecule is O=C(O)c1ccc(F)c(NCCc2ccc(Cl)cc2)c1. The first-order chi connectivity index (χ1) is 9.56. The van der Waals surface area contributed by atoms with Crippen LogP contribution in [0.25, 0.3) is 0 Å². The Morgan fingerprint density at radius 2 is 1.90 bits per heavy atom. The van der Waals surface area contributed by atoms with Crippen LogP contribution in [0.4, 0.5) is 10.1 Å². The molecule has 0 aliphatic rings. The number of carboxylic acids is 1. The number of carboxylic acid groups (broad SMARTS) is 1. The molecular formula is C15H13ClFNO2. The van der Waals surface area contributed by atoms with Crippen molar-refractivity contribution in [1.82, 2.24) is 0 Å². The molecular weight excluding hydrogens is 281 g/mol. The molecule has 0 unspecified atom stereocenters. The fourth-order valence-electron chi connectivity index (χ4n) is 1.79. The molecule has 0 amide bonds. The van der Waals surface area contributed by atoms with Gasteiger partial charge < -0.3 is 10.4 Å². The van der Waals surface area contributed by atoms with Crippen molar-refractivity contribution in [3.05, 3.63) is 64.4 Å². The highest BCUT2D eigenvalue weighted by atomic mass is 35.5. The summed E-state index contributed by atoms with van der Waals surface area (Å²) in [5.41, 5.74) is 1.32. The van der Waals surface area contributed by atoms with Crippen molar-refractivity contribution in [2.24, 2.45) is 0 Å². The minimum atomic E-state index is -1.08. The summed E-state index contributed by atoms with van der Waals surface area (Å²) in [5.74, 6) is -1.54. The molecule has 2 aromatic rings. The molecule has 5 heteroatoms. The van der Waals surface area contributed by atoms with E-state index in [2.05, 4.69) is 5.32 Å². The van der Waals surface area contributed by atoms with E-state index < -0.39 is 11.8 Å². The van der Waals surface area contributed by atoms with Gasteiger partial charge >= 0.3 is 5.97 Å². The number of halogens is 2. The molecule has 0 aliphatic carbocycles. The van der Waals surface area contributed by atoms with Crippen molar-refractivity contribution in [3.63, 3.8) is 0 Å². The summed E-state index contributed by atoms with van der Waals surface area (Å²) in [7, 11) is 0. The van der Waals surface area contributed by atoms with Gasteiger partial charge in [0.15, 0.2) is 0 Å². The third-order valence-corrected chi connectivity index (χ3v) is 3.11. The van der Waals surface area contributed by atoms with Gasteiger partial charge in [-0.05, 0) is 42.3 Å². The maximum absolute atomic E-state index is 13.5. The third kappa shape index (κ3) is 3.71. The highest BCUT2D eigenvalue weighted by molar-refractivity contribution is 6.30. The first kappa shape index (κ1) is 14.3. The summed E-state index contributed by atoms with van der Waals surface area (Å²) >= 11 is 5.79. The predicted molar refractivity (Wildman–Crippen MR) is 77.0 cm³/mol. The zero-order chi connectivity index (χ0) is 14.5. The monoisotopic (exact) mass is 293 g/mol. The van der Waals surface area contributed by atoms with Crippen LogP contribution in [0.3, 0.4) is 0 Å². The molecule has 0 heterocycles. The van der Waals surface area contributed by atoms with Crippen LogP contribution in [-0.4, -0.2) is 17.6 Å². The van der Waals surface area contributed by atoms with Gasteiger partial charge in [0.05, 0.1) is 11.3 Å². The van der Waals surface area contributed by atoms with Crippen molar-refractivity contribution >= 4 is 23.3 Å². The molecule has 0 saturated heterocycles. The Morgan fingerprint density at radius 1 is 1.20 bits per heavy atom. The number of hydrogen-bond acceptors (Lipinski definition) is 2. The molecule has 0 saturated carbocycles. The van der Waals surface area contributed by atoms with E-state index in [1.807, 2.05) is 12.1 Å². The average Bonchev–Trinajstić information content (AvgIpc) is 2.43. The smallest absolute Gasteiger partial charge is 0.335 e. The van der Waals surface area contributed by atoms with Crippen LogP contribution >= 0.6 is 11.6 Å². The summed E-state index contributed by atoms with van der Waals surface area (Å²) in [6.45, 7) is 0.502. The largest absolute Gasteiger partial charge is 0.478 e. The molecule has 0 spiro atoms. The van der Waals surface area contributed by atoms with Gasteiger partial charge in [-0.25, -0.2) is 9.18 Å². The van der Waals surface area contributed by atoms with Crippen LogP contribution in [0.2, 0.25) is 5.02 Å². The Kier molecular flexibility index (Phi) is 4.58. The molecule has 0 aliphatic heterocycles. The van der Waals surface area contributed by atoms with Gasteiger partial charge in [0.2, 0.25) is 0 Å². The molecule has 0 bridgehead atoms. The predicted octanol–water partition coefficient (Wildman–Crippen LogP) is 3.83. The van der Waals surface area contributed by atoms with Crippen LogP contribution in [0.15, 0.2) is 42.5 Å². The second kappa shape index (κ2) is 6.39. The molecule has 0 radical (unpaired) electrons. The van der Waals surface area contributed by atoms with Crippen LogP contribution in [0, 0.1) is 5.82 Å². The minimum Gasteiger partial charge on any atom is -0.478 e. The lowest BCUT2D eigenvalue weighted by Crippen LogP contribution is -2.07. The summed E-state index contributed by atoms with van der Waals surface area (Å²) in [6, 6.07) is 11.1. The number of hydrogen-bond donors (Lipinski definition) is 2. The van der Waals surface area contributed by atoms with Crippen molar-refractivity contribution in [1.29, 1.82) is 0 Å². The fraction of sp³-hybridized carbons (Fsp3) is 0.133. The lowest BCUT2D eigenvalue weighted by molar-refractivity contribution is 0.0697. The number of anilines is 1. The number of benzene rings is 2. The molecule has 0 atom stereocenters. The normalized spacial score (nSPS) is 10.3. The first-order valence-corrected chi connectivity index (χ1v) is 6.45. The van der Waals surface area contributed by atoms with Gasteiger partial charge in [-0.15, -0.1) is 0 Å². The van der Waals surface area contributed by atoms with Gasteiger partial charge in [0, 0.05) is 11.6 Å². The van der Waals surface area contributed by atoms with E-state index in [0.29, 0.717) is 18.0 Å². The molecule has 104 valence electrons. The Morgan fingerprint density at radius 3 is 2.55 bits per heavy atom. The molecule has 2 N–H and O–H groups in total. The zero-order valence-electron chi connectivity index (χ0n) is 10.6. The number of nitrogens with one attached hydrogen (secondary N) is 1. The first-order valence-electron chi connectivity index (χ1n) is 6.07. The summed E-state index contributed by atoms with van der Waals surface area (Å²) in [5, 5.41) is 12.4. The van der Waals surface area contributed by atoms with Crippen LogP contribution in [-0.2, 0) is 6.42 Å². The van der Waals surface area contributed by atoms with Gasteiger partial charge in [0.25, 0.3) is 0 Å². The quantitative estimate of drug-likeness (QED) is 0.881. The third-order valence-electron chi connectivity index (χ3n) is 2.86.